The summed E-state index contributed by atoms with van der Waals surface area (Å²) in [6.45, 7) is 4.46. The number of carbonyl (C=O) groups is 1. The molecule has 0 aliphatic carbocycles. The third kappa shape index (κ3) is 5.73. The highest BCUT2D eigenvalue weighted by atomic mass is 127. The van der Waals surface area contributed by atoms with Gasteiger partial charge in [0.25, 0.3) is 5.56 Å². The van der Waals surface area contributed by atoms with Crippen molar-refractivity contribution in [1.29, 1.82) is 0 Å². The van der Waals surface area contributed by atoms with Gasteiger partial charge in [-0.25, -0.2) is 9.79 Å². The number of thiazole rings is 1. The first-order chi connectivity index (χ1) is 19.3. The van der Waals surface area contributed by atoms with Gasteiger partial charge >= 0.3 is 5.97 Å². The monoisotopic (exact) mass is 728 g/mol. The fourth-order valence-electron chi connectivity index (χ4n) is 4.61. The van der Waals surface area contributed by atoms with E-state index in [0.29, 0.717) is 33.6 Å². The van der Waals surface area contributed by atoms with Gasteiger partial charge < -0.3 is 9.47 Å². The van der Waals surface area contributed by atoms with Crippen molar-refractivity contribution >= 4 is 61.9 Å². The zero-order chi connectivity index (χ0) is 28.4. The molecule has 0 N–H and O–H groups in total. The Kier molecular flexibility index (Phi) is 8.72. The second-order valence-corrected chi connectivity index (χ2v) is 12.3. The van der Waals surface area contributed by atoms with Crippen molar-refractivity contribution in [2.24, 2.45) is 4.99 Å². The number of aromatic nitrogens is 1. The van der Waals surface area contributed by atoms with Crippen LogP contribution in [0.15, 0.2) is 92.3 Å². The Labute approximate surface area is 258 Å². The molecule has 0 saturated carbocycles. The van der Waals surface area contributed by atoms with Crippen molar-refractivity contribution in [1.82, 2.24) is 4.57 Å². The number of nitrogens with zero attached hydrogens (tertiary/aromatic N) is 2. The minimum atomic E-state index is -0.619. The summed E-state index contributed by atoms with van der Waals surface area (Å²) in [4.78, 5) is 32.1. The molecule has 1 aromatic heterocycles. The molecule has 1 aliphatic heterocycles. The lowest BCUT2D eigenvalue weighted by Gasteiger charge is -2.25. The quantitative estimate of drug-likeness (QED) is 0.172. The lowest BCUT2D eigenvalue weighted by Crippen LogP contribution is -2.40. The van der Waals surface area contributed by atoms with Crippen LogP contribution in [-0.2, 0) is 16.1 Å². The Morgan fingerprint density at radius 2 is 1.88 bits per heavy atom. The molecular formula is C31H26BrIN2O4S. The Morgan fingerprint density at radius 3 is 2.52 bits per heavy atom. The minimum absolute atomic E-state index is 0.208. The fraction of sp³-hybridized carbons (Fsp3) is 0.194. The van der Waals surface area contributed by atoms with E-state index in [0.717, 1.165) is 30.5 Å². The molecule has 0 radical (unpaired) electrons. The molecule has 1 atom stereocenters. The molecule has 4 aromatic rings. The Bertz CT molecular complexity index is 1770. The molecule has 40 heavy (non-hydrogen) atoms. The number of aryl methyl sites for hydroxylation is 1. The van der Waals surface area contributed by atoms with Gasteiger partial charge in [-0.1, -0.05) is 78.4 Å². The zero-order valence-corrected chi connectivity index (χ0v) is 26.7. The Hall–Kier alpha value is -3.02. The van der Waals surface area contributed by atoms with Gasteiger partial charge in [0.15, 0.2) is 4.80 Å². The number of methoxy groups -OCH3 is 1. The van der Waals surface area contributed by atoms with Crippen LogP contribution in [-0.4, -0.2) is 17.6 Å². The average Bonchev–Trinajstić information content (AvgIpc) is 3.26. The normalized spacial score (nSPS) is 15.0. The van der Waals surface area contributed by atoms with Crippen molar-refractivity contribution in [2.75, 3.05) is 7.11 Å². The van der Waals surface area contributed by atoms with Crippen LogP contribution in [0.5, 0.6) is 5.75 Å². The molecule has 5 rings (SSSR count). The highest BCUT2D eigenvalue weighted by molar-refractivity contribution is 14.1. The van der Waals surface area contributed by atoms with Gasteiger partial charge in [0.05, 0.1) is 37.0 Å². The molecule has 0 spiro atoms. The van der Waals surface area contributed by atoms with E-state index in [2.05, 4.69) is 69.7 Å². The van der Waals surface area contributed by atoms with Crippen molar-refractivity contribution < 1.29 is 14.3 Å². The van der Waals surface area contributed by atoms with Crippen LogP contribution in [0, 0.1) is 10.5 Å². The van der Waals surface area contributed by atoms with E-state index < -0.39 is 12.0 Å². The molecule has 1 aliphatic rings. The van der Waals surface area contributed by atoms with Crippen molar-refractivity contribution in [3.05, 3.63) is 128 Å². The second kappa shape index (κ2) is 12.2. The molecule has 0 bridgehead atoms. The molecule has 6 nitrogen and oxygen atoms in total. The topological polar surface area (TPSA) is 69.9 Å². The summed E-state index contributed by atoms with van der Waals surface area (Å²) in [5.74, 6) is 0.266. The Balaban J connectivity index is 1.56. The number of benzene rings is 3. The number of hydrogen-bond acceptors (Lipinski definition) is 6. The number of fused-ring (bicyclic) bond motifs is 1. The van der Waals surface area contributed by atoms with Crippen LogP contribution in [0.1, 0.15) is 41.6 Å². The largest absolute Gasteiger partial charge is 0.487 e. The van der Waals surface area contributed by atoms with Gasteiger partial charge in [0.2, 0.25) is 0 Å². The number of carbonyl (C=O) groups excluding carboxylic acids is 1. The molecule has 0 saturated heterocycles. The number of allylic oxidation sites excluding steroid dienone is 1. The number of halogens is 2. The number of hydrogen-bond donors (Lipinski definition) is 0. The summed E-state index contributed by atoms with van der Waals surface area (Å²) in [6.07, 6.45) is 2.39. The first-order valence-corrected chi connectivity index (χ1v) is 15.3. The van der Waals surface area contributed by atoms with Gasteiger partial charge in [0.1, 0.15) is 12.4 Å². The number of rotatable bonds is 7. The van der Waals surface area contributed by atoms with Gasteiger partial charge in [-0.05, 0) is 86.8 Å². The smallest absolute Gasteiger partial charge is 0.338 e. The SMILES string of the molecule is CCC1=C(C(=O)OC)[C@H](c2ccccc2)n2c(s/c(=C\c3cc(Br)c(OCc4ccc(C)cc4)c(I)c3)c2=O)=N1. The van der Waals surface area contributed by atoms with Crippen LogP contribution < -0.4 is 19.6 Å². The molecule has 0 unspecified atom stereocenters. The van der Waals surface area contributed by atoms with Crippen LogP contribution in [0.2, 0.25) is 0 Å². The highest BCUT2D eigenvalue weighted by Crippen LogP contribution is 2.34. The van der Waals surface area contributed by atoms with E-state index in [1.54, 1.807) is 4.57 Å². The summed E-state index contributed by atoms with van der Waals surface area (Å²) < 4.78 is 15.1. The summed E-state index contributed by atoms with van der Waals surface area (Å²) in [5, 5.41) is 0. The van der Waals surface area contributed by atoms with Crippen molar-refractivity contribution in [2.45, 2.75) is 32.9 Å². The van der Waals surface area contributed by atoms with Gasteiger partial charge in [-0.15, -0.1) is 0 Å². The molecule has 204 valence electrons. The molecule has 9 heteroatoms. The molecular weight excluding hydrogens is 703 g/mol. The van der Waals surface area contributed by atoms with E-state index in [4.69, 9.17) is 14.5 Å². The van der Waals surface area contributed by atoms with E-state index in [1.807, 2.05) is 55.5 Å². The maximum atomic E-state index is 13.8. The lowest BCUT2D eigenvalue weighted by atomic mass is 9.95. The first kappa shape index (κ1) is 28.5. The van der Waals surface area contributed by atoms with E-state index in [9.17, 15) is 9.59 Å². The maximum absolute atomic E-state index is 13.8. The maximum Gasteiger partial charge on any atom is 0.338 e. The predicted molar refractivity (Wildman–Crippen MR) is 169 cm³/mol. The summed E-state index contributed by atoms with van der Waals surface area (Å²) in [6, 6.07) is 21.1. The standard InChI is InChI=1S/C31H26BrIN2O4S/c1-4-24-26(30(37)38-3)27(21-8-6-5-7-9-21)35-29(36)25(40-31(35)34-24)16-20-14-22(32)28(23(33)15-20)39-17-19-12-10-18(2)11-13-19/h5-16,27H,4,17H2,1-3H3/b25-16-/t27-/m0/s1. The molecule has 0 amide bonds. The van der Waals surface area contributed by atoms with Gasteiger partial charge in [-0.3, -0.25) is 9.36 Å². The average molecular weight is 729 g/mol. The number of esters is 1. The van der Waals surface area contributed by atoms with Crippen molar-refractivity contribution in [3.63, 3.8) is 0 Å². The van der Waals surface area contributed by atoms with Gasteiger partial charge in [0, 0.05) is 0 Å². The van der Waals surface area contributed by atoms with E-state index in [-0.39, 0.29) is 5.56 Å². The number of ether oxygens (including phenoxy) is 2. The Morgan fingerprint density at radius 1 is 1.15 bits per heavy atom. The molecule has 3 aromatic carbocycles. The van der Waals surface area contributed by atoms with Gasteiger partial charge in [-0.2, -0.15) is 0 Å². The molecule has 0 fully saturated rings. The summed E-state index contributed by atoms with van der Waals surface area (Å²) >= 11 is 7.22. The van der Waals surface area contributed by atoms with E-state index in [1.165, 1.54) is 24.0 Å². The van der Waals surface area contributed by atoms with Crippen LogP contribution in [0.25, 0.3) is 6.08 Å². The van der Waals surface area contributed by atoms with Crippen molar-refractivity contribution in [3.8, 4) is 5.75 Å². The lowest BCUT2D eigenvalue weighted by molar-refractivity contribution is -0.136. The van der Waals surface area contributed by atoms with Crippen LogP contribution in [0.4, 0.5) is 0 Å². The fourth-order valence-corrected chi connectivity index (χ4v) is 7.40. The first-order valence-electron chi connectivity index (χ1n) is 12.7. The third-order valence-electron chi connectivity index (χ3n) is 6.59. The second-order valence-electron chi connectivity index (χ2n) is 9.29. The van der Waals surface area contributed by atoms with Crippen LogP contribution in [0.3, 0.4) is 0 Å². The zero-order valence-electron chi connectivity index (χ0n) is 22.1. The third-order valence-corrected chi connectivity index (χ3v) is 8.96. The summed E-state index contributed by atoms with van der Waals surface area (Å²) in [5.41, 5.74) is 4.77. The minimum Gasteiger partial charge on any atom is -0.487 e. The summed E-state index contributed by atoms with van der Waals surface area (Å²) in [7, 11) is 1.35. The molecule has 2 heterocycles. The highest BCUT2D eigenvalue weighted by Gasteiger charge is 2.33. The predicted octanol–water partition coefficient (Wildman–Crippen LogP) is 6.05. The van der Waals surface area contributed by atoms with Crippen LogP contribution >= 0.6 is 49.9 Å². The van der Waals surface area contributed by atoms with E-state index >= 15 is 0 Å².